The molecule has 0 fully saturated rings. The zero-order valence-corrected chi connectivity index (χ0v) is 19.0. The molecule has 0 saturated carbocycles. The normalized spacial score (nSPS) is 12.3. The highest BCUT2D eigenvalue weighted by Crippen LogP contribution is 2.39. The van der Waals surface area contributed by atoms with Crippen LogP contribution in [0.1, 0.15) is 28.3 Å². The van der Waals surface area contributed by atoms with Crippen LogP contribution in [0.15, 0.2) is 96.0 Å². The van der Waals surface area contributed by atoms with Crippen molar-refractivity contribution in [2.45, 2.75) is 17.7 Å². The third-order valence-corrected chi connectivity index (χ3v) is 7.21. The lowest BCUT2D eigenvalue weighted by Crippen LogP contribution is -2.18. The molecule has 0 aliphatic rings. The lowest BCUT2D eigenvalue weighted by Gasteiger charge is -2.23. The zero-order chi connectivity index (χ0) is 22.7. The van der Waals surface area contributed by atoms with Gasteiger partial charge in [-0.15, -0.1) is 0 Å². The van der Waals surface area contributed by atoms with E-state index >= 15 is 0 Å². The van der Waals surface area contributed by atoms with Crippen molar-refractivity contribution in [1.29, 1.82) is 0 Å². The van der Waals surface area contributed by atoms with Crippen molar-refractivity contribution in [1.82, 2.24) is 3.97 Å². The molecule has 0 aliphatic heterocycles. The molecular formula is C26H25NO4S. The van der Waals surface area contributed by atoms with Crippen molar-refractivity contribution < 1.29 is 17.9 Å². The summed E-state index contributed by atoms with van der Waals surface area (Å²) in [6.07, 6.45) is 1.59. The summed E-state index contributed by atoms with van der Waals surface area (Å²) in [5, 5.41) is 0. The maximum Gasteiger partial charge on any atom is 0.267 e. The van der Waals surface area contributed by atoms with Crippen molar-refractivity contribution in [3.63, 3.8) is 0 Å². The van der Waals surface area contributed by atoms with E-state index in [-0.39, 0.29) is 4.90 Å². The van der Waals surface area contributed by atoms with Gasteiger partial charge in [0, 0.05) is 17.5 Å². The second-order valence-corrected chi connectivity index (χ2v) is 9.31. The fourth-order valence-corrected chi connectivity index (χ4v) is 5.26. The molecule has 3 aromatic carbocycles. The highest BCUT2D eigenvalue weighted by atomic mass is 32.2. The second-order valence-electron chi connectivity index (χ2n) is 7.50. The molecule has 1 heterocycles. The predicted molar refractivity (Wildman–Crippen MR) is 125 cm³/mol. The number of aryl methyl sites for hydroxylation is 1. The van der Waals surface area contributed by atoms with Crippen LogP contribution in [-0.2, 0) is 10.0 Å². The van der Waals surface area contributed by atoms with E-state index in [1.807, 2.05) is 61.5 Å². The van der Waals surface area contributed by atoms with Gasteiger partial charge in [0.2, 0.25) is 0 Å². The van der Waals surface area contributed by atoms with Gasteiger partial charge in [-0.05, 0) is 55.0 Å². The lowest BCUT2D eigenvalue weighted by atomic mass is 9.88. The first-order valence-corrected chi connectivity index (χ1v) is 11.7. The Balaban J connectivity index is 1.94. The summed E-state index contributed by atoms with van der Waals surface area (Å²) < 4.78 is 39.6. The third kappa shape index (κ3) is 4.01. The van der Waals surface area contributed by atoms with E-state index in [1.54, 1.807) is 50.7 Å². The van der Waals surface area contributed by atoms with E-state index in [0.29, 0.717) is 17.2 Å². The standard InChI is InChI=1S/C26H25NO4S/c1-19-13-15-22(16-14-19)32(28,29)27-17-7-11-24(27)26(20-8-6-9-21(18-20)30-2)23-10-4-5-12-25(23)31-3/h4-18,26H,1-3H3. The fourth-order valence-electron chi connectivity index (χ4n) is 3.88. The summed E-state index contributed by atoms with van der Waals surface area (Å²) in [5.41, 5.74) is 3.37. The first-order valence-electron chi connectivity index (χ1n) is 10.2. The third-order valence-electron chi connectivity index (χ3n) is 5.49. The van der Waals surface area contributed by atoms with E-state index in [1.165, 1.54) is 3.97 Å². The Bertz CT molecular complexity index is 1320. The smallest absolute Gasteiger partial charge is 0.267 e. The van der Waals surface area contributed by atoms with Crippen LogP contribution in [-0.4, -0.2) is 26.6 Å². The average molecular weight is 448 g/mol. The number of hydrogen-bond donors (Lipinski definition) is 0. The van der Waals surface area contributed by atoms with Crippen molar-refractivity contribution >= 4 is 10.0 Å². The number of ether oxygens (including phenoxy) is 2. The summed E-state index contributed by atoms with van der Waals surface area (Å²) >= 11 is 0. The Morgan fingerprint density at radius 1 is 0.812 bits per heavy atom. The molecular weight excluding hydrogens is 422 g/mol. The van der Waals surface area contributed by atoms with E-state index < -0.39 is 15.9 Å². The van der Waals surface area contributed by atoms with Crippen LogP contribution in [0.25, 0.3) is 0 Å². The molecule has 4 aromatic rings. The predicted octanol–water partition coefficient (Wildman–Crippen LogP) is 5.23. The van der Waals surface area contributed by atoms with E-state index in [4.69, 9.17) is 9.47 Å². The average Bonchev–Trinajstić information content (AvgIpc) is 3.30. The molecule has 0 bridgehead atoms. The molecule has 32 heavy (non-hydrogen) atoms. The van der Waals surface area contributed by atoms with Crippen LogP contribution in [0, 0.1) is 6.92 Å². The van der Waals surface area contributed by atoms with Gasteiger partial charge in [0.05, 0.1) is 25.0 Å². The molecule has 0 amide bonds. The van der Waals surface area contributed by atoms with Crippen LogP contribution >= 0.6 is 0 Å². The summed E-state index contributed by atoms with van der Waals surface area (Å²) in [7, 11) is -0.567. The van der Waals surface area contributed by atoms with Gasteiger partial charge in [0.25, 0.3) is 10.0 Å². The number of para-hydroxylation sites is 1. The summed E-state index contributed by atoms with van der Waals surface area (Å²) in [6, 6.07) is 25.8. The molecule has 0 saturated heterocycles. The summed E-state index contributed by atoms with van der Waals surface area (Å²) in [6.45, 7) is 1.93. The molecule has 0 spiro atoms. The summed E-state index contributed by atoms with van der Waals surface area (Å²) in [4.78, 5) is 0.241. The Morgan fingerprint density at radius 3 is 2.28 bits per heavy atom. The number of hydrogen-bond acceptors (Lipinski definition) is 4. The Hall–Kier alpha value is -3.51. The number of aromatic nitrogens is 1. The molecule has 6 heteroatoms. The molecule has 164 valence electrons. The number of rotatable bonds is 7. The van der Waals surface area contributed by atoms with Gasteiger partial charge < -0.3 is 9.47 Å². The Kier molecular flexibility index (Phi) is 6.06. The van der Waals surface area contributed by atoms with Crippen LogP contribution < -0.4 is 9.47 Å². The minimum atomic E-state index is -3.79. The first-order chi connectivity index (χ1) is 15.5. The lowest BCUT2D eigenvalue weighted by molar-refractivity contribution is 0.408. The number of methoxy groups -OCH3 is 2. The van der Waals surface area contributed by atoms with Crippen molar-refractivity contribution in [2.75, 3.05) is 14.2 Å². The van der Waals surface area contributed by atoms with Gasteiger partial charge in [-0.25, -0.2) is 12.4 Å². The van der Waals surface area contributed by atoms with Gasteiger partial charge in [0.1, 0.15) is 11.5 Å². The number of benzene rings is 3. The minimum Gasteiger partial charge on any atom is -0.497 e. The van der Waals surface area contributed by atoms with Gasteiger partial charge in [0.15, 0.2) is 0 Å². The Labute approximate surface area is 188 Å². The van der Waals surface area contributed by atoms with Gasteiger partial charge >= 0.3 is 0 Å². The SMILES string of the molecule is COc1cccc(C(c2ccccc2OC)c2cccn2S(=O)(=O)c2ccc(C)cc2)c1. The van der Waals surface area contributed by atoms with Crippen LogP contribution in [0.4, 0.5) is 0 Å². The molecule has 0 aliphatic carbocycles. The highest BCUT2D eigenvalue weighted by Gasteiger charge is 2.28. The minimum absolute atomic E-state index is 0.241. The van der Waals surface area contributed by atoms with Gasteiger partial charge in [-0.2, -0.15) is 0 Å². The van der Waals surface area contributed by atoms with E-state index in [0.717, 1.165) is 16.7 Å². The number of nitrogens with zero attached hydrogens (tertiary/aromatic N) is 1. The molecule has 4 rings (SSSR count). The molecule has 0 radical (unpaired) electrons. The molecule has 1 unspecified atom stereocenters. The quantitative estimate of drug-likeness (QED) is 0.389. The monoisotopic (exact) mass is 447 g/mol. The Morgan fingerprint density at radius 2 is 1.56 bits per heavy atom. The zero-order valence-electron chi connectivity index (χ0n) is 18.2. The first kappa shape index (κ1) is 21.7. The van der Waals surface area contributed by atoms with Crippen LogP contribution in [0.3, 0.4) is 0 Å². The van der Waals surface area contributed by atoms with Gasteiger partial charge in [-0.1, -0.05) is 48.0 Å². The largest absolute Gasteiger partial charge is 0.497 e. The van der Waals surface area contributed by atoms with E-state index in [2.05, 4.69) is 0 Å². The van der Waals surface area contributed by atoms with E-state index in [9.17, 15) is 8.42 Å². The van der Waals surface area contributed by atoms with Crippen molar-refractivity contribution in [3.8, 4) is 11.5 Å². The fraction of sp³-hybridized carbons (Fsp3) is 0.154. The van der Waals surface area contributed by atoms with Crippen LogP contribution in [0.2, 0.25) is 0 Å². The molecule has 1 atom stereocenters. The van der Waals surface area contributed by atoms with Gasteiger partial charge in [-0.3, -0.25) is 0 Å². The second kappa shape index (κ2) is 8.93. The molecule has 0 N–H and O–H groups in total. The van der Waals surface area contributed by atoms with Crippen molar-refractivity contribution in [2.24, 2.45) is 0 Å². The molecule has 5 nitrogen and oxygen atoms in total. The summed E-state index contributed by atoms with van der Waals surface area (Å²) in [5.74, 6) is 0.985. The maximum atomic E-state index is 13.6. The topological polar surface area (TPSA) is 57.5 Å². The highest BCUT2D eigenvalue weighted by molar-refractivity contribution is 7.90. The van der Waals surface area contributed by atoms with Crippen LogP contribution in [0.5, 0.6) is 11.5 Å². The maximum absolute atomic E-state index is 13.6. The van der Waals surface area contributed by atoms with Crippen molar-refractivity contribution in [3.05, 3.63) is 114 Å². The molecule has 1 aromatic heterocycles.